The molecule has 0 aromatic carbocycles. The van der Waals surface area contributed by atoms with Crippen LogP contribution in [0.15, 0.2) is 0 Å². The Hall–Kier alpha value is -1.36. The van der Waals surface area contributed by atoms with E-state index in [2.05, 4.69) is 49.9 Å². The number of hydrogen-bond donors (Lipinski definition) is 1. The molecule has 2 heterocycles. The summed E-state index contributed by atoms with van der Waals surface area (Å²) in [7, 11) is 4.05. The Morgan fingerprint density at radius 1 is 1.19 bits per heavy atom. The lowest BCUT2D eigenvalue weighted by Crippen LogP contribution is -2.38. The Kier molecular flexibility index (Phi) is 4.71. The summed E-state index contributed by atoms with van der Waals surface area (Å²) in [5, 5.41) is 3.20. The summed E-state index contributed by atoms with van der Waals surface area (Å²) in [5.41, 5.74) is 1.05. The second kappa shape index (κ2) is 6.18. The molecule has 1 aromatic heterocycles. The molecule has 1 saturated heterocycles. The Labute approximate surface area is 128 Å². The lowest BCUT2D eigenvalue weighted by atomic mass is 9.95. The van der Waals surface area contributed by atoms with Crippen LogP contribution in [0.25, 0.3) is 0 Å². The van der Waals surface area contributed by atoms with Gasteiger partial charge in [-0.1, -0.05) is 20.8 Å². The minimum absolute atomic E-state index is 0.0649. The van der Waals surface area contributed by atoms with Crippen LogP contribution >= 0.6 is 0 Å². The summed E-state index contributed by atoms with van der Waals surface area (Å²) in [4.78, 5) is 11.8. The summed E-state index contributed by atoms with van der Waals surface area (Å²) in [6.07, 6.45) is 2.11. The first-order valence-electron chi connectivity index (χ1n) is 7.72. The molecular formula is C16H28N4O. The number of hydrogen-bond acceptors (Lipinski definition) is 5. The van der Waals surface area contributed by atoms with Crippen molar-refractivity contribution in [2.24, 2.45) is 0 Å². The smallest absolute Gasteiger partial charge is 0.138 e. The lowest BCUT2D eigenvalue weighted by Gasteiger charge is -2.34. The van der Waals surface area contributed by atoms with E-state index in [-0.39, 0.29) is 5.41 Å². The molecule has 1 fully saturated rings. The van der Waals surface area contributed by atoms with Gasteiger partial charge in [-0.05, 0) is 19.8 Å². The van der Waals surface area contributed by atoms with Crippen LogP contribution in [0.5, 0.6) is 0 Å². The Bertz CT molecular complexity index is 490. The molecule has 0 saturated carbocycles. The second-order valence-electron chi connectivity index (χ2n) is 6.80. The highest BCUT2D eigenvalue weighted by Crippen LogP contribution is 2.30. The zero-order valence-electron chi connectivity index (χ0n) is 14.2. The predicted molar refractivity (Wildman–Crippen MR) is 87.3 cm³/mol. The molecular weight excluding hydrogens is 264 g/mol. The molecule has 1 N–H and O–H groups in total. The maximum Gasteiger partial charge on any atom is 0.138 e. The average Bonchev–Trinajstić information content (AvgIpc) is 2.46. The highest BCUT2D eigenvalue weighted by Gasteiger charge is 2.25. The molecule has 5 heteroatoms. The molecule has 0 aliphatic carbocycles. The van der Waals surface area contributed by atoms with Gasteiger partial charge >= 0.3 is 0 Å². The SMILES string of the molecule is CNc1nc(C(C)(C)C)nc(N(C)C2CCOCC2)c1C. The highest BCUT2D eigenvalue weighted by atomic mass is 16.5. The largest absolute Gasteiger partial charge is 0.381 e. The van der Waals surface area contributed by atoms with Crippen molar-refractivity contribution in [2.75, 3.05) is 37.5 Å². The van der Waals surface area contributed by atoms with Gasteiger partial charge in [0.1, 0.15) is 17.5 Å². The molecule has 0 unspecified atom stereocenters. The zero-order valence-corrected chi connectivity index (χ0v) is 14.2. The Balaban J connectivity index is 2.40. The van der Waals surface area contributed by atoms with Gasteiger partial charge in [0, 0.05) is 44.3 Å². The van der Waals surface area contributed by atoms with Gasteiger partial charge in [0.2, 0.25) is 0 Å². The maximum absolute atomic E-state index is 5.47. The van der Waals surface area contributed by atoms with Gasteiger partial charge in [-0.2, -0.15) is 0 Å². The fraction of sp³-hybridized carbons (Fsp3) is 0.750. The topological polar surface area (TPSA) is 50.3 Å². The Morgan fingerprint density at radius 2 is 1.81 bits per heavy atom. The number of ether oxygens (including phenoxy) is 1. The normalized spacial score (nSPS) is 16.9. The molecule has 0 radical (unpaired) electrons. The Morgan fingerprint density at radius 3 is 2.33 bits per heavy atom. The van der Waals surface area contributed by atoms with Crippen LogP contribution < -0.4 is 10.2 Å². The van der Waals surface area contributed by atoms with Crippen molar-refractivity contribution < 1.29 is 4.74 Å². The van der Waals surface area contributed by atoms with E-state index in [1.165, 1.54) is 0 Å². The van der Waals surface area contributed by atoms with Crippen LogP contribution in [0.1, 0.15) is 45.0 Å². The molecule has 118 valence electrons. The molecule has 2 rings (SSSR count). The van der Waals surface area contributed by atoms with Gasteiger partial charge in [-0.3, -0.25) is 0 Å². The third kappa shape index (κ3) is 3.46. The van der Waals surface area contributed by atoms with Crippen molar-refractivity contribution in [1.82, 2.24) is 9.97 Å². The number of aromatic nitrogens is 2. The standard InChI is InChI=1S/C16H28N4O/c1-11-13(17-5)18-15(16(2,3)4)19-14(11)20(6)12-7-9-21-10-8-12/h12H,7-10H2,1-6H3,(H,17,18,19). The van der Waals surface area contributed by atoms with E-state index in [0.29, 0.717) is 6.04 Å². The molecule has 0 spiro atoms. The lowest BCUT2D eigenvalue weighted by molar-refractivity contribution is 0.0853. The number of nitrogens with one attached hydrogen (secondary N) is 1. The van der Waals surface area contributed by atoms with E-state index in [0.717, 1.165) is 49.1 Å². The summed E-state index contributed by atoms with van der Waals surface area (Å²) in [6.45, 7) is 10.2. The van der Waals surface area contributed by atoms with Gasteiger partial charge in [-0.25, -0.2) is 9.97 Å². The first-order valence-corrected chi connectivity index (χ1v) is 7.72. The third-order valence-corrected chi connectivity index (χ3v) is 4.10. The summed E-state index contributed by atoms with van der Waals surface area (Å²) >= 11 is 0. The monoisotopic (exact) mass is 292 g/mol. The van der Waals surface area contributed by atoms with Crippen molar-refractivity contribution in [3.05, 3.63) is 11.4 Å². The van der Waals surface area contributed by atoms with Crippen molar-refractivity contribution in [3.8, 4) is 0 Å². The minimum atomic E-state index is -0.0649. The van der Waals surface area contributed by atoms with Crippen LogP contribution in [0.3, 0.4) is 0 Å². The average molecular weight is 292 g/mol. The molecule has 0 atom stereocenters. The molecule has 0 amide bonds. The number of anilines is 2. The minimum Gasteiger partial charge on any atom is -0.381 e. The van der Waals surface area contributed by atoms with E-state index in [1.54, 1.807) is 0 Å². The fourth-order valence-corrected chi connectivity index (χ4v) is 2.67. The van der Waals surface area contributed by atoms with Crippen LogP contribution in [-0.2, 0) is 10.2 Å². The fourth-order valence-electron chi connectivity index (χ4n) is 2.67. The predicted octanol–water partition coefficient (Wildman–Crippen LogP) is 2.74. The van der Waals surface area contributed by atoms with Crippen molar-refractivity contribution in [2.45, 2.75) is 52.0 Å². The van der Waals surface area contributed by atoms with E-state index < -0.39 is 0 Å². The van der Waals surface area contributed by atoms with Crippen LogP contribution in [0, 0.1) is 6.92 Å². The van der Waals surface area contributed by atoms with E-state index in [4.69, 9.17) is 9.72 Å². The van der Waals surface area contributed by atoms with E-state index in [9.17, 15) is 0 Å². The molecule has 21 heavy (non-hydrogen) atoms. The van der Waals surface area contributed by atoms with Crippen molar-refractivity contribution in [1.29, 1.82) is 0 Å². The number of rotatable bonds is 3. The second-order valence-corrected chi connectivity index (χ2v) is 6.80. The maximum atomic E-state index is 5.47. The molecule has 5 nitrogen and oxygen atoms in total. The van der Waals surface area contributed by atoms with Gasteiger partial charge in [0.05, 0.1) is 0 Å². The van der Waals surface area contributed by atoms with Crippen molar-refractivity contribution >= 4 is 11.6 Å². The molecule has 1 aliphatic heterocycles. The van der Waals surface area contributed by atoms with Crippen molar-refractivity contribution in [3.63, 3.8) is 0 Å². The first-order chi connectivity index (χ1) is 9.84. The molecule has 1 aliphatic rings. The third-order valence-electron chi connectivity index (χ3n) is 4.10. The van der Waals surface area contributed by atoms with Crippen LogP contribution in [0.4, 0.5) is 11.6 Å². The first kappa shape index (κ1) is 16.0. The van der Waals surface area contributed by atoms with Gasteiger partial charge < -0.3 is 15.0 Å². The molecule has 1 aromatic rings. The van der Waals surface area contributed by atoms with Gasteiger partial charge in [-0.15, -0.1) is 0 Å². The number of nitrogens with zero attached hydrogens (tertiary/aromatic N) is 3. The van der Waals surface area contributed by atoms with E-state index >= 15 is 0 Å². The van der Waals surface area contributed by atoms with Crippen LogP contribution in [0.2, 0.25) is 0 Å². The van der Waals surface area contributed by atoms with Gasteiger partial charge in [0.15, 0.2) is 0 Å². The highest BCUT2D eigenvalue weighted by molar-refractivity contribution is 5.59. The van der Waals surface area contributed by atoms with Gasteiger partial charge in [0.25, 0.3) is 0 Å². The molecule has 0 bridgehead atoms. The summed E-state index contributed by atoms with van der Waals surface area (Å²) < 4.78 is 5.47. The summed E-state index contributed by atoms with van der Waals surface area (Å²) in [6, 6.07) is 0.491. The summed E-state index contributed by atoms with van der Waals surface area (Å²) in [5.74, 6) is 2.83. The van der Waals surface area contributed by atoms with E-state index in [1.807, 2.05) is 7.05 Å². The quantitative estimate of drug-likeness (QED) is 0.928. The zero-order chi connectivity index (χ0) is 15.6. The van der Waals surface area contributed by atoms with Crippen LogP contribution in [-0.4, -0.2) is 43.3 Å².